The van der Waals surface area contributed by atoms with Crippen molar-refractivity contribution in [2.45, 2.75) is 94.3 Å². The summed E-state index contributed by atoms with van der Waals surface area (Å²) in [6.07, 6.45) is 6.19. The third kappa shape index (κ3) is 6.75. The van der Waals surface area contributed by atoms with Gasteiger partial charge in [0.1, 0.15) is 28.3 Å². The largest absolute Gasteiger partial charge is 0.487 e. The summed E-state index contributed by atoms with van der Waals surface area (Å²) in [4.78, 5) is 23.0. The van der Waals surface area contributed by atoms with E-state index in [9.17, 15) is 13.2 Å². The van der Waals surface area contributed by atoms with Crippen LogP contribution in [0.5, 0.6) is 5.75 Å². The second-order valence-corrected chi connectivity index (χ2v) is 15.6. The second kappa shape index (κ2) is 13.6. The molecule has 1 aliphatic carbocycles. The molecule has 0 unspecified atom stereocenters. The lowest BCUT2D eigenvalue weighted by molar-refractivity contribution is -0.139. The third-order valence-electron chi connectivity index (χ3n) is 9.99. The van der Waals surface area contributed by atoms with Gasteiger partial charge >= 0.3 is 0 Å². The molecule has 0 bridgehead atoms. The molecule has 0 spiro atoms. The summed E-state index contributed by atoms with van der Waals surface area (Å²) in [5, 5.41) is 1.23. The van der Waals surface area contributed by atoms with Gasteiger partial charge in [0.15, 0.2) is 0 Å². The van der Waals surface area contributed by atoms with Crippen LogP contribution in [0.25, 0.3) is 10.9 Å². The Kier molecular flexibility index (Phi) is 9.86. The molecule has 3 fully saturated rings. The molecule has 1 amide bonds. The van der Waals surface area contributed by atoms with Crippen molar-refractivity contribution in [3.8, 4) is 5.75 Å². The lowest BCUT2D eigenvalue weighted by atomic mass is 9.93. The minimum Gasteiger partial charge on any atom is -0.487 e. The minimum atomic E-state index is -4.19. The van der Waals surface area contributed by atoms with Gasteiger partial charge in [-0.1, -0.05) is 48.2 Å². The van der Waals surface area contributed by atoms with E-state index in [4.69, 9.17) is 33.7 Å². The van der Waals surface area contributed by atoms with Crippen molar-refractivity contribution in [3.05, 3.63) is 63.3 Å². The van der Waals surface area contributed by atoms with Crippen LogP contribution < -0.4 is 15.2 Å². The number of nitrogens with two attached hydrogens (primary N) is 1. The number of carbonyl (C=O) groups excluding carboxylic acids is 1. The Morgan fingerprint density at radius 2 is 1.74 bits per heavy atom. The van der Waals surface area contributed by atoms with Crippen LogP contribution in [-0.2, 0) is 21.4 Å². The Labute approximate surface area is 281 Å². The number of hydrogen-bond acceptors (Lipinski definition) is 7. The number of likely N-dealkylation sites (tertiary alicyclic amines) is 2. The number of fused-ring (bicyclic) bond motifs is 1. The van der Waals surface area contributed by atoms with E-state index in [1.54, 1.807) is 0 Å². The first-order valence-corrected chi connectivity index (χ1v) is 18.5. The number of aryl methyl sites for hydroxylation is 2. The van der Waals surface area contributed by atoms with E-state index < -0.39 is 15.6 Å². The van der Waals surface area contributed by atoms with E-state index in [0.717, 1.165) is 68.3 Å². The number of nitrogens with one attached hydrogen (secondary N) is 1. The molecule has 46 heavy (non-hydrogen) atoms. The summed E-state index contributed by atoms with van der Waals surface area (Å²) < 4.78 is 37.0. The molecule has 0 radical (unpaired) electrons. The Bertz CT molecular complexity index is 1710. The molecule has 3 N–H and O–H groups in total. The highest BCUT2D eigenvalue weighted by molar-refractivity contribution is 7.89. The summed E-state index contributed by atoms with van der Waals surface area (Å²) in [5.41, 5.74) is 7.90. The number of hydrogen-bond donors (Lipinski definition) is 2. The van der Waals surface area contributed by atoms with Crippen molar-refractivity contribution in [1.29, 1.82) is 0 Å². The van der Waals surface area contributed by atoms with Crippen molar-refractivity contribution in [2.24, 2.45) is 5.73 Å². The number of benzene rings is 2. The van der Waals surface area contributed by atoms with Gasteiger partial charge in [-0.2, -0.15) is 4.72 Å². The van der Waals surface area contributed by atoms with Gasteiger partial charge in [0.2, 0.25) is 15.9 Å². The van der Waals surface area contributed by atoms with E-state index in [-0.39, 0.29) is 33.5 Å². The van der Waals surface area contributed by atoms with Crippen molar-refractivity contribution < 1.29 is 17.9 Å². The highest BCUT2D eigenvalue weighted by Crippen LogP contribution is 2.38. The van der Waals surface area contributed by atoms with Crippen LogP contribution in [0.4, 0.5) is 0 Å². The SMILES string of the molecule is Cc1cc(C)c2cccc(OCc3c(Cl)ccc(S(=O)(=O)NC4(C(=O)N5CCC(N6CCC(N)CC6)CC5)CCCC4)c3Cl)c2n1. The zero-order chi connectivity index (χ0) is 32.6. The quantitative estimate of drug-likeness (QED) is 0.310. The maximum Gasteiger partial charge on any atom is 0.243 e. The van der Waals surface area contributed by atoms with Gasteiger partial charge in [-0.05, 0) is 95.3 Å². The van der Waals surface area contributed by atoms with Crippen LogP contribution in [0.3, 0.4) is 0 Å². The van der Waals surface area contributed by atoms with Gasteiger partial charge in [-0.25, -0.2) is 13.4 Å². The average Bonchev–Trinajstić information content (AvgIpc) is 3.50. The monoisotopic (exact) mass is 687 g/mol. The number of pyridine rings is 1. The number of aromatic nitrogens is 1. The van der Waals surface area contributed by atoms with E-state index in [0.29, 0.717) is 48.8 Å². The van der Waals surface area contributed by atoms with Gasteiger partial charge in [0, 0.05) is 46.8 Å². The Balaban J connectivity index is 1.19. The van der Waals surface area contributed by atoms with E-state index in [2.05, 4.69) is 14.6 Å². The maximum absolute atomic E-state index is 14.1. The number of para-hydroxylation sites is 1. The predicted octanol–water partition coefficient (Wildman–Crippen LogP) is 5.74. The van der Waals surface area contributed by atoms with Crippen LogP contribution in [0, 0.1) is 13.8 Å². The van der Waals surface area contributed by atoms with E-state index in [1.165, 1.54) is 12.1 Å². The fraction of sp³-hybridized carbons (Fsp3) is 0.529. The predicted molar refractivity (Wildman–Crippen MR) is 182 cm³/mol. The molecule has 248 valence electrons. The number of nitrogens with zero attached hydrogens (tertiary/aromatic N) is 3. The van der Waals surface area contributed by atoms with Crippen LogP contribution in [-0.4, -0.2) is 72.9 Å². The molecule has 1 saturated carbocycles. The van der Waals surface area contributed by atoms with Gasteiger partial charge in [0.05, 0.1) is 5.02 Å². The van der Waals surface area contributed by atoms with Gasteiger partial charge in [-0.15, -0.1) is 0 Å². The number of halogens is 2. The number of rotatable bonds is 8. The van der Waals surface area contributed by atoms with Crippen molar-refractivity contribution in [1.82, 2.24) is 19.5 Å². The molecule has 2 aromatic carbocycles. The zero-order valence-corrected chi connectivity index (χ0v) is 28.9. The second-order valence-electron chi connectivity index (χ2n) is 13.2. The minimum absolute atomic E-state index is 0.0248. The molecule has 2 aliphatic heterocycles. The molecule has 12 heteroatoms. The molecule has 3 heterocycles. The normalized spacial score (nSPS) is 20.0. The van der Waals surface area contributed by atoms with Crippen molar-refractivity contribution in [3.63, 3.8) is 0 Å². The van der Waals surface area contributed by atoms with Gasteiger partial charge in [0.25, 0.3) is 0 Å². The van der Waals surface area contributed by atoms with Crippen LogP contribution in [0.15, 0.2) is 41.3 Å². The lowest BCUT2D eigenvalue weighted by Gasteiger charge is -2.43. The highest BCUT2D eigenvalue weighted by atomic mass is 35.5. The number of piperidine rings is 2. The molecule has 3 aliphatic rings. The zero-order valence-electron chi connectivity index (χ0n) is 26.5. The molecule has 1 aromatic heterocycles. The van der Waals surface area contributed by atoms with Crippen LogP contribution >= 0.6 is 23.2 Å². The number of ether oxygens (including phenoxy) is 1. The summed E-state index contributed by atoms with van der Waals surface area (Å²) in [7, 11) is -4.19. The summed E-state index contributed by atoms with van der Waals surface area (Å²) in [5.74, 6) is 0.404. The molecular formula is C34H43Cl2N5O4S. The molecule has 6 rings (SSSR count). The first-order chi connectivity index (χ1) is 22.0. The third-order valence-corrected chi connectivity index (χ3v) is 12.5. The summed E-state index contributed by atoms with van der Waals surface area (Å²) in [6, 6.07) is 11.3. The lowest BCUT2D eigenvalue weighted by Crippen LogP contribution is -2.60. The molecule has 3 aromatic rings. The summed E-state index contributed by atoms with van der Waals surface area (Å²) in [6.45, 7) is 7.10. The standard InChI is InChI=1S/C34H43Cl2N5O4S/c1-22-20-23(2)38-32-26(22)6-5-7-29(32)45-21-27-28(35)8-9-30(31(27)36)46(43,44)39-34(14-3-4-15-34)33(42)41-18-12-25(13-19-41)40-16-10-24(37)11-17-40/h5-9,20,24-25,39H,3-4,10-19,21,37H2,1-2H3. The van der Waals surface area contributed by atoms with Crippen molar-refractivity contribution >= 4 is 50.0 Å². The molecular weight excluding hydrogens is 645 g/mol. The molecule has 0 atom stereocenters. The number of sulfonamides is 1. The highest BCUT2D eigenvalue weighted by Gasteiger charge is 2.47. The van der Waals surface area contributed by atoms with Crippen molar-refractivity contribution in [2.75, 3.05) is 26.2 Å². The Hall–Kier alpha value is -2.47. The molecule has 2 saturated heterocycles. The number of carbonyl (C=O) groups is 1. The maximum atomic E-state index is 14.1. The fourth-order valence-corrected chi connectivity index (χ4v) is 9.72. The number of amides is 1. The average molecular weight is 689 g/mol. The summed E-state index contributed by atoms with van der Waals surface area (Å²) >= 11 is 13.3. The van der Waals surface area contributed by atoms with Gasteiger partial charge < -0.3 is 20.3 Å². The first kappa shape index (κ1) is 33.4. The first-order valence-electron chi connectivity index (χ1n) is 16.3. The van der Waals surface area contributed by atoms with Crippen LogP contribution in [0.2, 0.25) is 10.0 Å². The molecule has 9 nitrogen and oxygen atoms in total. The Morgan fingerprint density at radius 1 is 1.04 bits per heavy atom. The topological polar surface area (TPSA) is 118 Å². The fourth-order valence-electron chi connectivity index (χ4n) is 7.41. The Morgan fingerprint density at radius 3 is 2.43 bits per heavy atom. The van der Waals surface area contributed by atoms with Gasteiger partial charge in [-0.3, -0.25) is 4.79 Å². The smallest absolute Gasteiger partial charge is 0.243 e. The van der Waals surface area contributed by atoms with E-state index >= 15 is 0 Å². The van der Waals surface area contributed by atoms with Crippen LogP contribution in [0.1, 0.15) is 68.2 Å². The van der Waals surface area contributed by atoms with E-state index in [1.807, 2.05) is 43.0 Å².